The summed E-state index contributed by atoms with van der Waals surface area (Å²) in [7, 11) is 0. The molecule has 5 nitrogen and oxygen atoms in total. The minimum atomic E-state index is -0.496. The van der Waals surface area contributed by atoms with Crippen LogP contribution in [0.4, 0.5) is 5.69 Å². The van der Waals surface area contributed by atoms with Crippen molar-refractivity contribution in [2.75, 3.05) is 0 Å². The van der Waals surface area contributed by atoms with Crippen LogP contribution in [0.1, 0.15) is 11.1 Å². The van der Waals surface area contributed by atoms with Gasteiger partial charge >= 0.3 is 0 Å². The lowest BCUT2D eigenvalue weighted by Gasteiger charge is -2.01. The zero-order valence-electron chi connectivity index (χ0n) is 9.85. The number of nitro groups is 1. The average molecular weight is 251 g/mol. The molecule has 1 heterocycles. The number of benzene rings is 1. The molecule has 0 N–H and O–H groups in total. The summed E-state index contributed by atoms with van der Waals surface area (Å²) in [6.07, 6.45) is 4.79. The molecule has 5 heteroatoms. The fourth-order valence-corrected chi connectivity index (χ4v) is 1.66. The van der Waals surface area contributed by atoms with Crippen LogP contribution in [-0.2, 0) is 0 Å². The van der Waals surface area contributed by atoms with Gasteiger partial charge in [0.1, 0.15) is 6.07 Å². The summed E-state index contributed by atoms with van der Waals surface area (Å²) in [4.78, 5) is 14.4. The zero-order chi connectivity index (χ0) is 13.7. The molecule has 2 aromatic rings. The highest BCUT2D eigenvalue weighted by Gasteiger charge is 2.15. The molecule has 0 aliphatic carbocycles. The standard InChI is InChI=1S/C14H9N3O2/c15-9-12(8-11-4-3-7-16-10-11)13-5-1-2-6-14(13)17(18)19/h1-8,10H. The second-order valence-electron chi connectivity index (χ2n) is 3.73. The summed E-state index contributed by atoms with van der Waals surface area (Å²) >= 11 is 0. The van der Waals surface area contributed by atoms with Crippen LogP contribution >= 0.6 is 0 Å². The molecule has 1 aromatic heterocycles. The molecule has 0 aliphatic heterocycles. The van der Waals surface area contributed by atoms with Crippen LogP contribution < -0.4 is 0 Å². The number of nitrogens with zero attached hydrogens (tertiary/aromatic N) is 3. The Morgan fingerprint density at radius 1 is 1.32 bits per heavy atom. The van der Waals surface area contributed by atoms with Gasteiger partial charge in [0.15, 0.2) is 0 Å². The van der Waals surface area contributed by atoms with Gasteiger partial charge in [-0.1, -0.05) is 18.2 Å². The zero-order valence-corrected chi connectivity index (χ0v) is 9.85. The molecule has 0 spiro atoms. The van der Waals surface area contributed by atoms with Crippen LogP contribution in [0, 0.1) is 21.4 Å². The molecule has 92 valence electrons. The van der Waals surface area contributed by atoms with Gasteiger partial charge in [0, 0.05) is 18.5 Å². The third-order valence-corrected chi connectivity index (χ3v) is 2.51. The Kier molecular flexibility index (Phi) is 3.64. The van der Waals surface area contributed by atoms with Gasteiger partial charge in [-0.15, -0.1) is 0 Å². The second-order valence-corrected chi connectivity index (χ2v) is 3.73. The topological polar surface area (TPSA) is 79.8 Å². The van der Waals surface area contributed by atoms with E-state index in [9.17, 15) is 15.4 Å². The van der Waals surface area contributed by atoms with Gasteiger partial charge in [0.25, 0.3) is 5.69 Å². The van der Waals surface area contributed by atoms with E-state index in [4.69, 9.17) is 0 Å². The summed E-state index contributed by atoms with van der Waals surface area (Å²) in [6.45, 7) is 0. The van der Waals surface area contributed by atoms with Crippen LogP contribution in [-0.4, -0.2) is 9.91 Å². The van der Waals surface area contributed by atoms with Gasteiger partial charge in [0.05, 0.1) is 16.1 Å². The number of para-hydroxylation sites is 1. The fraction of sp³-hybridized carbons (Fsp3) is 0. The molecule has 0 atom stereocenters. The normalized spacial score (nSPS) is 10.8. The van der Waals surface area contributed by atoms with Crippen molar-refractivity contribution in [3.05, 3.63) is 70.0 Å². The van der Waals surface area contributed by atoms with Gasteiger partial charge in [-0.25, -0.2) is 0 Å². The van der Waals surface area contributed by atoms with E-state index in [0.29, 0.717) is 5.56 Å². The highest BCUT2D eigenvalue weighted by molar-refractivity contribution is 5.92. The maximum absolute atomic E-state index is 11.0. The van der Waals surface area contributed by atoms with E-state index >= 15 is 0 Å². The maximum atomic E-state index is 11.0. The number of hydrogen-bond donors (Lipinski definition) is 0. The van der Waals surface area contributed by atoms with Gasteiger partial charge in [-0.05, 0) is 23.8 Å². The number of nitro benzene ring substituents is 1. The van der Waals surface area contributed by atoms with E-state index in [1.54, 1.807) is 48.8 Å². The molecule has 0 aliphatic rings. The lowest BCUT2D eigenvalue weighted by Crippen LogP contribution is -1.93. The fourth-order valence-electron chi connectivity index (χ4n) is 1.66. The monoisotopic (exact) mass is 251 g/mol. The number of nitriles is 1. The van der Waals surface area contributed by atoms with Crippen molar-refractivity contribution >= 4 is 17.3 Å². The summed E-state index contributed by atoms with van der Waals surface area (Å²) in [5.41, 5.74) is 1.18. The van der Waals surface area contributed by atoms with Crippen LogP contribution in [0.15, 0.2) is 48.8 Å². The molecule has 0 saturated carbocycles. The molecule has 19 heavy (non-hydrogen) atoms. The first-order chi connectivity index (χ1) is 9.22. The highest BCUT2D eigenvalue weighted by Crippen LogP contribution is 2.26. The number of hydrogen-bond acceptors (Lipinski definition) is 4. The lowest BCUT2D eigenvalue weighted by atomic mass is 10.0. The van der Waals surface area contributed by atoms with Crippen molar-refractivity contribution in [2.24, 2.45) is 0 Å². The summed E-state index contributed by atoms with van der Waals surface area (Å²) in [6, 6.07) is 11.7. The van der Waals surface area contributed by atoms with Crippen LogP contribution in [0.2, 0.25) is 0 Å². The molecule has 0 saturated heterocycles. The Morgan fingerprint density at radius 3 is 2.74 bits per heavy atom. The molecule has 0 bridgehead atoms. The van der Waals surface area contributed by atoms with Crippen LogP contribution in [0.5, 0.6) is 0 Å². The van der Waals surface area contributed by atoms with Gasteiger partial charge in [0.2, 0.25) is 0 Å². The number of aromatic nitrogens is 1. The Bertz CT molecular complexity index is 673. The molecule has 1 aromatic carbocycles. The molecule has 0 amide bonds. The Balaban J connectivity index is 2.53. The van der Waals surface area contributed by atoms with E-state index in [0.717, 1.165) is 5.56 Å². The Hall–Kier alpha value is -3.00. The van der Waals surface area contributed by atoms with Crippen molar-refractivity contribution < 1.29 is 4.92 Å². The SMILES string of the molecule is N#CC(=Cc1cccnc1)c1ccccc1[N+](=O)[O-]. The number of pyridine rings is 1. The summed E-state index contributed by atoms with van der Waals surface area (Å²) in [5, 5.41) is 20.1. The molecular formula is C14H9N3O2. The smallest absolute Gasteiger partial charge is 0.264 e. The Labute approximate surface area is 109 Å². The summed E-state index contributed by atoms with van der Waals surface area (Å²) in [5.74, 6) is 0. The van der Waals surface area contributed by atoms with Gasteiger partial charge < -0.3 is 0 Å². The first-order valence-corrected chi connectivity index (χ1v) is 5.48. The van der Waals surface area contributed by atoms with Crippen LogP contribution in [0.25, 0.3) is 11.6 Å². The van der Waals surface area contributed by atoms with E-state index in [2.05, 4.69) is 4.98 Å². The first kappa shape index (κ1) is 12.5. The third kappa shape index (κ3) is 2.82. The molecule has 0 radical (unpaired) electrons. The molecule has 0 fully saturated rings. The average Bonchev–Trinajstić information content (AvgIpc) is 2.46. The van der Waals surface area contributed by atoms with E-state index < -0.39 is 4.92 Å². The third-order valence-electron chi connectivity index (χ3n) is 2.51. The van der Waals surface area contributed by atoms with Crippen molar-refractivity contribution in [1.82, 2.24) is 4.98 Å². The van der Waals surface area contributed by atoms with E-state index in [1.807, 2.05) is 6.07 Å². The van der Waals surface area contributed by atoms with E-state index in [-0.39, 0.29) is 11.3 Å². The predicted octanol–water partition coefficient (Wildman–Crippen LogP) is 3.05. The number of allylic oxidation sites excluding steroid dienone is 1. The van der Waals surface area contributed by atoms with Crippen molar-refractivity contribution in [3.63, 3.8) is 0 Å². The van der Waals surface area contributed by atoms with Crippen molar-refractivity contribution in [2.45, 2.75) is 0 Å². The second kappa shape index (κ2) is 5.56. The maximum Gasteiger partial charge on any atom is 0.277 e. The Morgan fingerprint density at radius 2 is 2.11 bits per heavy atom. The van der Waals surface area contributed by atoms with Crippen molar-refractivity contribution in [3.8, 4) is 6.07 Å². The lowest BCUT2D eigenvalue weighted by molar-refractivity contribution is -0.385. The highest BCUT2D eigenvalue weighted by atomic mass is 16.6. The minimum absolute atomic E-state index is 0.0841. The predicted molar refractivity (Wildman–Crippen MR) is 70.8 cm³/mol. The largest absolute Gasteiger partial charge is 0.277 e. The molecule has 2 rings (SSSR count). The van der Waals surface area contributed by atoms with Gasteiger partial charge in [-0.2, -0.15) is 5.26 Å². The van der Waals surface area contributed by atoms with Gasteiger partial charge in [-0.3, -0.25) is 15.1 Å². The number of rotatable bonds is 3. The van der Waals surface area contributed by atoms with Crippen molar-refractivity contribution in [1.29, 1.82) is 5.26 Å². The minimum Gasteiger partial charge on any atom is -0.264 e. The summed E-state index contributed by atoms with van der Waals surface area (Å²) < 4.78 is 0. The molecule has 0 unspecified atom stereocenters. The van der Waals surface area contributed by atoms with Crippen LogP contribution in [0.3, 0.4) is 0 Å². The quantitative estimate of drug-likeness (QED) is 0.477. The first-order valence-electron chi connectivity index (χ1n) is 5.48. The molecular weight excluding hydrogens is 242 g/mol. The van der Waals surface area contributed by atoms with E-state index in [1.165, 1.54) is 6.07 Å².